The summed E-state index contributed by atoms with van der Waals surface area (Å²) in [6.07, 6.45) is 0.338. The van der Waals surface area contributed by atoms with Crippen LogP contribution in [0.4, 0.5) is 5.82 Å². The van der Waals surface area contributed by atoms with Gasteiger partial charge in [0, 0.05) is 44.8 Å². The average Bonchev–Trinajstić information content (AvgIpc) is 2.80. The summed E-state index contributed by atoms with van der Waals surface area (Å²) in [6, 6.07) is 10.2. The number of carbonyl (C=O) groups excluding carboxylic acids is 1. The van der Waals surface area contributed by atoms with Crippen molar-refractivity contribution in [1.82, 2.24) is 14.8 Å². The van der Waals surface area contributed by atoms with Crippen LogP contribution in [0.5, 0.6) is 5.75 Å². The number of benzene rings is 1. The molecule has 1 aromatic carbocycles. The second-order valence-electron chi connectivity index (χ2n) is 8.32. The number of likely N-dealkylation sites (N-methyl/N-ethyl adjacent to an activating group) is 1. The highest BCUT2D eigenvalue weighted by Crippen LogP contribution is 2.34. The van der Waals surface area contributed by atoms with Gasteiger partial charge in [0.25, 0.3) is 0 Å². The molecule has 2 aromatic rings. The summed E-state index contributed by atoms with van der Waals surface area (Å²) in [5.74, 6) is 1.93. The quantitative estimate of drug-likeness (QED) is 0.734. The standard InChI is InChI=1S/C24H32N4O3/c1-18-16-20(17-22(29)27-10-8-26(2)9-11-27)25-24(28-12-14-31-15-13-28)23(18)19-4-6-21(30-3)7-5-19/h4-7,16H,8-15,17H2,1-3H3. The molecule has 0 unspecified atom stereocenters. The highest BCUT2D eigenvalue weighted by molar-refractivity contribution is 5.82. The fraction of sp³-hybridized carbons (Fsp3) is 0.500. The molecule has 1 amide bonds. The molecule has 7 nitrogen and oxygen atoms in total. The van der Waals surface area contributed by atoms with Crippen molar-refractivity contribution in [3.05, 3.63) is 41.6 Å². The Morgan fingerprint density at radius 3 is 2.39 bits per heavy atom. The maximum atomic E-state index is 12.9. The number of piperazine rings is 1. The van der Waals surface area contributed by atoms with Gasteiger partial charge in [0.15, 0.2) is 0 Å². The van der Waals surface area contributed by atoms with Crippen LogP contribution >= 0.6 is 0 Å². The Labute approximate surface area is 184 Å². The first-order valence-corrected chi connectivity index (χ1v) is 11.0. The normalized spacial score (nSPS) is 17.6. The number of anilines is 1. The zero-order valence-corrected chi connectivity index (χ0v) is 18.8. The van der Waals surface area contributed by atoms with E-state index in [9.17, 15) is 4.79 Å². The lowest BCUT2D eigenvalue weighted by molar-refractivity contribution is -0.132. The zero-order valence-electron chi connectivity index (χ0n) is 18.8. The molecule has 0 radical (unpaired) electrons. The van der Waals surface area contributed by atoms with Gasteiger partial charge in [-0.1, -0.05) is 12.1 Å². The van der Waals surface area contributed by atoms with Crippen molar-refractivity contribution in [2.45, 2.75) is 13.3 Å². The van der Waals surface area contributed by atoms with Crippen molar-refractivity contribution in [2.75, 3.05) is 71.5 Å². The Kier molecular flexibility index (Phi) is 6.73. The summed E-state index contributed by atoms with van der Waals surface area (Å²) < 4.78 is 10.9. The number of pyridine rings is 1. The largest absolute Gasteiger partial charge is 0.497 e. The minimum Gasteiger partial charge on any atom is -0.497 e. The number of carbonyl (C=O) groups is 1. The molecule has 2 aliphatic rings. The molecule has 4 rings (SSSR count). The number of aromatic nitrogens is 1. The number of hydrogen-bond donors (Lipinski definition) is 0. The number of methoxy groups -OCH3 is 1. The fourth-order valence-electron chi connectivity index (χ4n) is 4.25. The molecule has 166 valence electrons. The minimum absolute atomic E-state index is 0.158. The maximum absolute atomic E-state index is 12.9. The molecule has 0 bridgehead atoms. The Hall–Kier alpha value is -2.64. The van der Waals surface area contributed by atoms with Gasteiger partial charge in [-0.3, -0.25) is 4.79 Å². The van der Waals surface area contributed by atoms with Crippen molar-refractivity contribution < 1.29 is 14.3 Å². The van der Waals surface area contributed by atoms with Crippen molar-refractivity contribution in [1.29, 1.82) is 0 Å². The van der Waals surface area contributed by atoms with E-state index >= 15 is 0 Å². The zero-order chi connectivity index (χ0) is 21.8. The molecular formula is C24H32N4O3. The van der Waals surface area contributed by atoms with Crippen LogP contribution in [0.25, 0.3) is 11.1 Å². The van der Waals surface area contributed by atoms with Crippen molar-refractivity contribution >= 4 is 11.7 Å². The Morgan fingerprint density at radius 2 is 1.74 bits per heavy atom. The fourth-order valence-corrected chi connectivity index (χ4v) is 4.25. The van der Waals surface area contributed by atoms with Crippen molar-refractivity contribution in [2.24, 2.45) is 0 Å². The van der Waals surface area contributed by atoms with E-state index in [1.165, 1.54) is 0 Å². The third-order valence-corrected chi connectivity index (χ3v) is 6.13. The van der Waals surface area contributed by atoms with Crippen LogP contribution in [-0.2, 0) is 16.0 Å². The number of morpholine rings is 1. The van der Waals surface area contributed by atoms with Gasteiger partial charge < -0.3 is 24.2 Å². The minimum atomic E-state index is 0.158. The SMILES string of the molecule is COc1ccc(-c2c(C)cc(CC(=O)N3CCN(C)CC3)nc2N2CCOCC2)cc1. The molecule has 2 fully saturated rings. The van der Waals surface area contributed by atoms with Crippen LogP contribution in [0.2, 0.25) is 0 Å². The first-order chi connectivity index (χ1) is 15.0. The van der Waals surface area contributed by atoms with E-state index in [1.807, 2.05) is 17.0 Å². The third-order valence-electron chi connectivity index (χ3n) is 6.13. The van der Waals surface area contributed by atoms with E-state index in [0.29, 0.717) is 19.6 Å². The summed E-state index contributed by atoms with van der Waals surface area (Å²) in [6.45, 7) is 8.50. The first-order valence-electron chi connectivity index (χ1n) is 11.0. The van der Waals surface area contributed by atoms with Crippen LogP contribution in [-0.4, -0.2) is 87.3 Å². The molecule has 0 aliphatic carbocycles. The highest BCUT2D eigenvalue weighted by atomic mass is 16.5. The van der Waals surface area contributed by atoms with E-state index in [1.54, 1.807) is 7.11 Å². The van der Waals surface area contributed by atoms with Gasteiger partial charge in [-0.05, 0) is 43.3 Å². The third kappa shape index (κ3) is 4.99. The van der Waals surface area contributed by atoms with Crippen molar-refractivity contribution in [3.63, 3.8) is 0 Å². The van der Waals surface area contributed by atoms with Crippen LogP contribution in [0, 0.1) is 6.92 Å². The predicted octanol–water partition coefficient (Wildman–Crippen LogP) is 2.22. The highest BCUT2D eigenvalue weighted by Gasteiger charge is 2.23. The number of rotatable bonds is 5. The van der Waals surface area contributed by atoms with Gasteiger partial charge in [0.2, 0.25) is 5.91 Å². The Morgan fingerprint density at radius 1 is 1.06 bits per heavy atom. The maximum Gasteiger partial charge on any atom is 0.228 e. The molecule has 2 aliphatic heterocycles. The average molecular weight is 425 g/mol. The Bertz CT molecular complexity index is 902. The molecule has 0 saturated carbocycles. The second kappa shape index (κ2) is 9.66. The molecule has 31 heavy (non-hydrogen) atoms. The molecule has 0 atom stereocenters. The summed E-state index contributed by atoms with van der Waals surface area (Å²) in [4.78, 5) is 24.4. The van der Waals surface area contributed by atoms with Crippen LogP contribution in [0.15, 0.2) is 30.3 Å². The molecule has 3 heterocycles. The van der Waals surface area contributed by atoms with Crippen molar-refractivity contribution in [3.8, 4) is 16.9 Å². The first kappa shape index (κ1) is 21.6. The number of nitrogens with zero attached hydrogens (tertiary/aromatic N) is 4. The summed E-state index contributed by atoms with van der Waals surface area (Å²) in [5, 5.41) is 0. The second-order valence-corrected chi connectivity index (χ2v) is 8.32. The lowest BCUT2D eigenvalue weighted by atomic mass is 9.99. The van der Waals surface area contributed by atoms with Gasteiger partial charge in [-0.15, -0.1) is 0 Å². The van der Waals surface area contributed by atoms with Gasteiger partial charge in [0.1, 0.15) is 11.6 Å². The molecule has 7 heteroatoms. The monoisotopic (exact) mass is 424 g/mol. The molecule has 2 saturated heterocycles. The molecule has 1 aromatic heterocycles. The van der Waals surface area contributed by atoms with Gasteiger partial charge in [-0.25, -0.2) is 4.98 Å². The van der Waals surface area contributed by atoms with Crippen LogP contribution < -0.4 is 9.64 Å². The van der Waals surface area contributed by atoms with E-state index in [-0.39, 0.29) is 5.91 Å². The van der Waals surface area contributed by atoms with E-state index in [4.69, 9.17) is 14.5 Å². The van der Waals surface area contributed by atoms with Gasteiger partial charge in [0.05, 0.1) is 32.4 Å². The van der Waals surface area contributed by atoms with E-state index in [0.717, 1.165) is 73.2 Å². The number of amides is 1. The molecular weight excluding hydrogens is 392 g/mol. The van der Waals surface area contributed by atoms with Gasteiger partial charge in [-0.2, -0.15) is 0 Å². The smallest absolute Gasteiger partial charge is 0.228 e. The number of aryl methyl sites for hydroxylation is 1. The summed E-state index contributed by atoms with van der Waals surface area (Å²) in [5.41, 5.74) is 4.17. The topological polar surface area (TPSA) is 58.1 Å². The Balaban J connectivity index is 1.64. The van der Waals surface area contributed by atoms with E-state index < -0.39 is 0 Å². The lowest BCUT2D eigenvalue weighted by Gasteiger charge is -2.33. The summed E-state index contributed by atoms with van der Waals surface area (Å²) in [7, 11) is 3.77. The molecule has 0 spiro atoms. The summed E-state index contributed by atoms with van der Waals surface area (Å²) >= 11 is 0. The van der Waals surface area contributed by atoms with E-state index in [2.05, 4.69) is 42.0 Å². The number of hydrogen-bond acceptors (Lipinski definition) is 6. The van der Waals surface area contributed by atoms with Gasteiger partial charge >= 0.3 is 0 Å². The lowest BCUT2D eigenvalue weighted by Crippen LogP contribution is -2.47. The molecule has 0 N–H and O–H groups in total. The van der Waals surface area contributed by atoms with Crippen LogP contribution in [0.3, 0.4) is 0 Å². The van der Waals surface area contributed by atoms with Crippen LogP contribution in [0.1, 0.15) is 11.3 Å². The predicted molar refractivity (Wildman–Crippen MR) is 122 cm³/mol. The number of ether oxygens (including phenoxy) is 2.